The van der Waals surface area contributed by atoms with Crippen LogP contribution in [0.4, 0.5) is 17.2 Å². The highest BCUT2D eigenvalue weighted by molar-refractivity contribution is 6.35. The number of piperazine rings is 1. The van der Waals surface area contributed by atoms with Crippen molar-refractivity contribution in [3.63, 3.8) is 0 Å². The Balaban J connectivity index is 1.46. The van der Waals surface area contributed by atoms with E-state index >= 15 is 0 Å². The molecule has 1 saturated carbocycles. The zero-order chi connectivity index (χ0) is 27.0. The molecule has 0 amide bonds. The Bertz CT molecular complexity index is 1410. The third-order valence-electron chi connectivity index (χ3n) is 8.94. The Kier molecular flexibility index (Phi) is 5.81. The fourth-order valence-corrected chi connectivity index (χ4v) is 7.04. The van der Waals surface area contributed by atoms with Crippen molar-refractivity contribution in [2.75, 3.05) is 48.3 Å². The van der Waals surface area contributed by atoms with Gasteiger partial charge in [-0.2, -0.15) is 10.2 Å². The van der Waals surface area contributed by atoms with Gasteiger partial charge in [0.1, 0.15) is 0 Å². The van der Waals surface area contributed by atoms with Crippen molar-refractivity contribution in [2.45, 2.75) is 52.1 Å². The van der Waals surface area contributed by atoms with Gasteiger partial charge in [-0.25, -0.2) is 0 Å². The monoisotopic (exact) mass is 535 g/mol. The van der Waals surface area contributed by atoms with E-state index in [0.717, 1.165) is 79.5 Å². The number of nitrogens with one attached hydrogen (secondary N) is 2. The van der Waals surface area contributed by atoms with Gasteiger partial charge in [0, 0.05) is 80.3 Å². The number of aryl methyl sites for hydroxylation is 2. The van der Waals surface area contributed by atoms with Crippen LogP contribution in [0.1, 0.15) is 49.6 Å². The molecule has 3 fully saturated rings. The molecule has 2 aromatic heterocycles. The molecule has 2 aliphatic heterocycles. The highest BCUT2D eigenvalue weighted by Crippen LogP contribution is 2.53. The fourth-order valence-electron chi connectivity index (χ4n) is 6.79. The largest absolute Gasteiger partial charge is 0.398 e. The summed E-state index contributed by atoms with van der Waals surface area (Å²) in [5.74, 6) is 0.932. The van der Waals surface area contributed by atoms with Crippen LogP contribution in [0.3, 0.4) is 0 Å². The molecular formula is C28H38ClN9. The van der Waals surface area contributed by atoms with Gasteiger partial charge < -0.3 is 26.3 Å². The molecule has 38 heavy (non-hydrogen) atoms. The predicted molar refractivity (Wildman–Crippen MR) is 155 cm³/mol. The second-order valence-corrected chi connectivity index (χ2v) is 12.6. The van der Waals surface area contributed by atoms with E-state index in [1.165, 1.54) is 6.21 Å². The standard InChI is InChI=1S/C28H38ClN9/c1-17-8-22(31)21(11-30)24(25(17)29)23-18(2)38(19-9-28(10-19)14-32-15-28)34-26(23)37-7-6-36(16-27(37,3)4)20-12-33-35(5)13-20/h8,11-13,19,30,32H,6-7,9-10,14-16,31H2,1-5H3. The summed E-state index contributed by atoms with van der Waals surface area (Å²) in [5.41, 5.74) is 12.9. The molecule has 1 spiro atoms. The minimum atomic E-state index is -0.208. The van der Waals surface area contributed by atoms with Gasteiger partial charge in [-0.3, -0.25) is 9.36 Å². The number of benzene rings is 1. The minimum Gasteiger partial charge on any atom is -0.398 e. The lowest BCUT2D eigenvalue weighted by Crippen LogP contribution is -2.60. The maximum atomic E-state index is 8.23. The first-order valence-corrected chi connectivity index (χ1v) is 13.8. The van der Waals surface area contributed by atoms with E-state index in [1.807, 2.05) is 30.9 Å². The van der Waals surface area contributed by atoms with E-state index in [9.17, 15) is 0 Å². The predicted octanol–water partition coefficient (Wildman–Crippen LogP) is 4.16. The molecule has 3 aliphatic rings. The zero-order valence-electron chi connectivity index (χ0n) is 23.0. The third-order valence-corrected chi connectivity index (χ3v) is 9.43. The molecule has 9 nitrogen and oxygen atoms in total. The lowest BCUT2D eigenvalue weighted by molar-refractivity contribution is 0.00159. The summed E-state index contributed by atoms with van der Waals surface area (Å²) in [6, 6.07) is 2.23. The Labute approximate surface area is 229 Å². The van der Waals surface area contributed by atoms with Gasteiger partial charge in [0.2, 0.25) is 0 Å². The van der Waals surface area contributed by atoms with E-state index in [0.29, 0.717) is 27.7 Å². The van der Waals surface area contributed by atoms with E-state index in [2.05, 4.69) is 51.9 Å². The lowest BCUT2D eigenvalue weighted by Gasteiger charge is -2.54. The van der Waals surface area contributed by atoms with Crippen LogP contribution in [0.5, 0.6) is 0 Å². The van der Waals surface area contributed by atoms with Crippen molar-refractivity contribution in [1.29, 1.82) is 5.41 Å². The number of nitrogens with two attached hydrogens (primary N) is 1. The number of hydrogen-bond acceptors (Lipinski definition) is 7. The van der Waals surface area contributed by atoms with Crippen LogP contribution in [-0.2, 0) is 7.05 Å². The maximum Gasteiger partial charge on any atom is 0.159 e. The molecule has 1 aromatic carbocycles. The van der Waals surface area contributed by atoms with Gasteiger partial charge >= 0.3 is 0 Å². The summed E-state index contributed by atoms with van der Waals surface area (Å²) >= 11 is 7.02. The van der Waals surface area contributed by atoms with Gasteiger partial charge in [-0.1, -0.05) is 11.6 Å². The molecule has 0 radical (unpaired) electrons. The van der Waals surface area contributed by atoms with Crippen molar-refractivity contribution in [3.05, 3.63) is 40.3 Å². The molecule has 0 unspecified atom stereocenters. The quantitative estimate of drug-likeness (QED) is 0.335. The Morgan fingerprint density at radius 3 is 2.50 bits per heavy atom. The van der Waals surface area contributed by atoms with E-state index in [-0.39, 0.29) is 5.54 Å². The Morgan fingerprint density at radius 2 is 1.92 bits per heavy atom. The van der Waals surface area contributed by atoms with Gasteiger partial charge in [-0.05, 0) is 57.6 Å². The van der Waals surface area contributed by atoms with Gasteiger partial charge in [0.25, 0.3) is 0 Å². The van der Waals surface area contributed by atoms with Crippen molar-refractivity contribution in [3.8, 4) is 11.1 Å². The van der Waals surface area contributed by atoms with Crippen LogP contribution >= 0.6 is 11.6 Å². The van der Waals surface area contributed by atoms with Gasteiger partial charge in [0.05, 0.1) is 28.5 Å². The molecule has 4 heterocycles. The second-order valence-electron chi connectivity index (χ2n) is 12.2. The highest BCUT2D eigenvalue weighted by Gasteiger charge is 2.50. The van der Waals surface area contributed by atoms with Crippen LogP contribution in [0.2, 0.25) is 5.02 Å². The second kappa shape index (κ2) is 8.74. The first-order valence-electron chi connectivity index (χ1n) is 13.4. The number of hydrogen-bond donors (Lipinski definition) is 3. The molecule has 4 N–H and O–H groups in total. The summed E-state index contributed by atoms with van der Waals surface area (Å²) in [4.78, 5) is 4.83. The van der Waals surface area contributed by atoms with Gasteiger partial charge in [-0.15, -0.1) is 0 Å². The molecule has 0 atom stereocenters. The van der Waals surface area contributed by atoms with Crippen molar-refractivity contribution in [1.82, 2.24) is 24.9 Å². The number of aromatic nitrogens is 4. The third kappa shape index (κ3) is 3.81. The first-order chi connectivity index (χ1) is 18.0. The molecule has 0 bridgehead atoms. The average molecular weight is 536 g/mol. The minimum absolute atomic E-state index is 0.208. The highest BCUT2D eigenvalue weighted by atomic mass is 35.5. The number of nitrogens with zero attached hydrogens (tertiary/aromatic N) is 6. The molecule has 10 heteroatoms. The maximum absolute atomic E-state index is 8.23. The summed E-state index contributed by atoms with van der Waals surface area (Å²) in [7, 11) is 1.95. The molecule has 202 valence electrons. The van der Waals surface area contributed by atoms with E-state index in [4.69, 9.17) is 27.8 Å². The van der Waals surface area contributed by atoms with Crippen molar-refractivity contribution >= 4 is 35.0 Å². The summed E-state index contributed by atoms with van der Waals surface area (Å²) in [5, 5.41) is 22.0. The van der Waals surface area contributed by atoms with Crippen LogP contribution < -0.4 is 20.9 Å². The molecular weight excluding hydrogens is 498 g/mol. The average Bonchev–Trinajstić information content (AvgIpc) is 3.37. The number of rotatable bonds is 5. The first kappa shape index (κ1) is 25.2. The zero-order valence-corrected chi connectivity index (χ0v) is 23.7. The SMILES string of the molecule is Cc1cc(N)c(C=N)c(-c2c(N3CCN(c4cnn(C)c4)CC3(C)C)nn(C3CC4(CNC4)C3)c2C)c1Cl. The topological polar surface area (TPSA) is 104 Å². The normalized spacial score (nSPS) is 20.5. The Hall–Kier alpha value is -3.04. The summed E-state index contributed by atoms with van der Waals surface area (Å²) < 4.78 is 4.09. The van der Waals surface area contributed by atoms with Crippen molar-refractivity contribution in [2.24, 2.45) is 12.5 Å². The van der Waals surface area contributed by atoms with E-state index in [1.54, 1.807) is 0 Å². The number of nitrogen functional groups attached to an aromatic ring is 1. The van der Waals surface area contributed by atoms with Crippen molar-refractivity contribution < 1.29 is 0 Å². The fraction of sp³-hybridized carbons (Fsp3) is 0.536. The lowest BCUT2D eigenvalue weighted by atomic mass is 9.61. The van der Waals surface area contributed by atoms with Crippen LogP contribution in [0, 0.1) is 24.7 Å². The number of halogens is 1. The molecule has 3 aromatic rings. The van der Waals surface area contributed by atoms with Gasteiger partial charge in [0.15, 0.2) is 5.82 Å². The molecule has 2 saturated heterocycles. The van der Waals surface area contributed by atoms with E-state index < -0.39 is 0 Å². The molecule has 6 rings (SSSR count). The van der Waals surface area contributed by atoms with Crippen LogP contribution in [0.25, 0.3) is 11.1 Å². The Morgan fingerprint density at radius 1 is 1.18 bits per heavy atom. The van der Waals surface area contributed by atoms with Crippen LogP contribution in [-0.4, -0.2) is 64.0 Å². The summed E-state index contributed by atoms with van der Waals surface area (Å²) in [6.07, 6.45) is 7.62. The van der Waals surface area contributed by atoms with Crippen LogP contribution in [0.15, 0.2) is 18.5 Å². The number of anilines is 3. The smallest absolute Gasteiger partial charge is 0.159 e. The molecule has 1 aliphatic carbocycles. The summed E-state index contributed by atoms with van der Waals surface area (Å²) in [6.45, 7) is 13.4.